The highest BCUT2D eigenvalue weighted by atomic mass is 32.2. The molecule has 100 valence electrons. The highest BCUT2D eigenvalue weighted by Gasteiger charge is 2.36. The number of aliphatic hydroxyl groups is 1. The summed E-state index contributed by atoms with van der Waals surface area (Å²) < 4.78 is 24.3. The van der Waals surface area contributed by atoms with Crippen LogP contribution in [0.2, 0.25) is 0 Å². The molecule has 0 amide bonds. The normalized spacial score (nSPS) is 29.8. The van der Waals surface area contributed by atoms with Crippen LogP contribution in [-0.4, -0.2) is 42.9 Å². The van der Waals surface area contributed by atoms with Gasteiger partial charge in [-0.1, -0.05) is 19.6 Å². The van der Waals surface area contributed by atoms with Crippen molar-refractivity contribution in [3.05, 3.63) is 29.8 Å². The summed E-state index contributed by atoms with van der Waals surface area (Å²) in [4.78, 5) is 2.48. The van der Waals surface area contributed by atoms with E-state index in [1.807, 2.05) is 6.07 Å². The van der Waals surface area contributed by atoms with Crippen LogP contribution in [0.5, 0.6) is 0 Å². The minimum Gasteiger partial charge on any atom is -0.392 e. The Hall–Kier alpha value is -0.910. The van der Waals surface area contributed by atoms with Gasteiger partial charge >= 0.3 is 0 Å². The molecule has 1 saturated heterocycles. The van der Waals surface area contributed by atoms with Crippen LogP contribution >= 0.6 is 0 Å². The van der Waals surface area contributed by atoms with Crippen molar-refractivity contribution in [2.75, 3.05) is 12.3 Å². The third-order valence-corrected chi connectivity index (χ3v) is 5.36. The van der Waals surface area contributed by atoms with Gasteiger partial charge in [0.15, 0.2) is 9.84 Å². The quantitative estimate of drug-likeness (QED) is 0.765. The third-order valence-electron chi connectivity index (χ3n) is 3.56. The Balaban J connectivity index is 0.00000120. The van der Waals surface area contributed by atoms with Crippen LogP contribution < -0.4 is 0 Å². The van der Waals surface area contributed by atoms with E-state index in [2.05, 4.69) is 4.90 Å². The first-order chi connectivity index (χ1) is 8.04. The smallest absolute Gasteiger partial charge is 0.179 e. The molecule has 2 unspecified atom stereocenters. The topological polar surface area (TPSA) is 57.6 Å². The van der Waals surface area contributed by atoms with Crippen LogP contribution in [0.1, 0.15) is 19.4 Å². The van der Waals surface area contributed by atoms with Crippen molar-refractivity contribution in [3.63, 3.8) is 0 Å². The van der Waals surface area contributed by atoms with Crippen molar-refractivity contribution in [1.82, 2.24) is 4.90 Å². The molecule has 2 bridgehead atoms. The van der Waals surface area contributed by atoms with Crippen LogP contribution in [0.3, 0.4) is 0 Å². The number of rotatable bonds is 0. The van der Waals surface area contributed by atoms with Gasteiger partial charge in [-0.25, -0.2) is 8.42 Å². The summed E-state index contributed by atoms with van der Waals surface area (Å²) in [5.41, 5.74) is 1.00. The maximum atomic E-state index is 12.2. The Morgan fingerprint density at radius 1 is 1.33 bits per heavy atom. The second-order valence-electron chi connectivity index (χ2n) is 4.90. The van der Waals surface area contributed by atoms with E-state index in [4.69, 9.17) is 0 Å². The zero-order valence-corrected chi connectivity index (χ0v) is 10.2. The molecular weight excluding hydrogens is 250 g/mol. The summed E-state index contributed by atoms with van der Waals surface area (Å²) in [6.07, 6.45) is 0.162. The van der Waals surface area contributed by atoms with Crippen molar-refractivity contribution in [2.45, 2.75) is 37.4 Å². The molecule has 2 aliphatic heterocycles. The lowest BCUT2D eigenvalue weighted by Gasteiger charge is -2.26. The minimum atomic E-state index is -3.21. The lowest BCUT2D eigenvalue weighted by Crippen LogP contribution is -2.36. The van der Waals surface area contributed by atoms with Gasteiger partial charge in [-0.15, -0.1) is 0 Å². The summed E-state index contributed by atoms with van der Waals surface area (Å²) in [7, 11) is -3.21. The highest BCUT2D eigenvalue weighted by Crippen LogP contribution is 2.27. The second-order valence-corrected chi connectivity index (χ2v) is 6.94. The van der Waals surface area contributed by atoms with E-state index >= 15 is 0 Å². The van der Waals surface area contributed by atoms with Gasteiger partial charge in [0, 0.05) is 19.1 Å². The average Bonchev–Trinajstić information content (AvgIpc) is 2.57. The average molecular weight is 269 g/mol. The first-order valence-electron chi connectivity index (χ1n) is 5.78. The van der Waals surface area contributed by atoms with Crippen molar-refractivity contribution in [2.24, 2.45) is 0 Å². The summed E-state index contributed by atoms with van der Waals surface area (Å²) in [6.45, 7) is 1.30. The standard InChI is InChI=1S/C12H15NO3S.CH4/c14-11-5-10-8-17(15,16)12-3-1-2-9(4-12)6-13(10)7-11;/h1-4,10-11,14H,5-8H2;1H4. The lowest BCUT2D eigenvalue weighted by molar-refractivity contribution is 0.173. The molecule has 1 aromatic carbocycles. The van der Waals surface area contributed by atoms with Crippen molar-refractivity contribution in [3.8, 4) is 0 Å². The summed E-state index contributed by atoms with van der Waals surface area (Å²) in [6, 6.07) is 7.07. The van der Waals surface area contributed by atoms with Crippen LogP contribution in [0.25, 0.3) is 0 Å². The van der Waals surface area contributed by atoms with Gasteiger partial charge in [0.05, 0.1) is 16.8 Å². The molecular formula is C13H19NO3S. The Labute approximate surface area is 108 Å². The fraction of sp³-hybridized carbons (Fsp3) is 0.538. The van der Waals surface area contributed by atoms with Crippen molar-refractivity contribution >= 4 is 9.84 Å². The molecule has 5 heteroatoms. The third kappa shape index (κ3) is 2.30. The molecule has 3 rings (SSSR count). The summed E-state index contributed by atoms with van der Waals surface area (Å²) in [5, 5.41) is 9.67. The first-order valence-corrected chi connectivity index (χ1v) is 7.44. The van der Waals surface area contributed by atoms with Gasteiger partial charge in [-0.05, 0) is 24.1 Å². The molecule has 4 nitrogen and oxygen atoms in total. The van der Waals surface area contributed by atoms with E-state index < -0.39 is 15.9 Å². The predicted octanol–water partition coefficient (Wildman–Crippen LogP) is 1.05. The Morgan fingerprint density at radius 3 is 2.89 bits per heavy atom. The molecule has 0 spiro atoms. The van der Waals surface area contributed by atoms with Gasteiger partial charge in [-0.2, -0.15) is 0 Å². The number of nitrogens with zero attached hydrogens (tertiary/aromatic N) is 1. The maximum Gasteiger partial charge on any atom is 0.179 e. The Kier molecular flexibility index (Phi) is 3.49. The molecule has 2 aliphatic rings. The number of fused-ring (bicyclic) bond motifs is 3. The number of hydrogen-bond acceptors (Lipinski definition) is 4. The highest BCUT2D eigenvalue weighted by molar-refractivity contribution is 7.91. The number of hydrogen-bond donors (Lipinski definition) is 1. The molecule has 0 saturated carbocycles. The van der Waals surface area contributed by atoms with Crippen LogP contribution in [-0.2, 0) is 16.4 Å². The number of benzene rings is 1. The van der Waals surface area contributed by atoms with Crippen molar-refractivity contribution in [1.29, 1.82) is 0 Å². The van der Waals surface area contributed by atoms with Gasteiger partial charge in [-0.3, -0.25) is 4.90 Å². The monoisotopic (exact) mass is 269 g/mol. The minimum absolute atomic E-state index is 0. The molecule has 1 N–H and O–H groups in total. The SMILES string of the molecule is C.O=S1(=O)CC2CC(O)CN2Cc2cccc1c2. The van der Waals surface area contributed by atoms with E-state index in [1.165, 1.54) is 0 Å². The molecule has 18 heavy (non-hydrogen) atoms. The number of sulfone groups is 1. The molecule has 0 aromatic heterocycles. The molecule has 2 atom stereocenters. The zero-order chi connectivity index (χ0) is 12.0. The van der Waals surface area contributed by atoms with E-state index in [1.54, 1.807) is 18.2 Å². The van der Waals surface area contributed by atoms with E-state index in [9.17, 15) is 13.5 Å². The zero-order valence-electron chi connectivity index (χ0n) is 9.41. The van der Waals surface area contributed by atoms with E-state index in [0.29, 0.717) is 17.9 Å². The second kappa shape index (κ2) is 4.64. The largest absolute Gasteiger partial charge is 0.392 e. The van der Waals surface area contributed by atoms with Gasteiger partial charge in [0.1, 0.15) is 0 Å². The first kappa shape index (κ1) is 13.5. The Bertz CT molecular complexity index is 541. The fourth-order valence-electron chi connectivity index (χ4n) is 2.75. The lowest BCUT2D eigenvalue weighted by atomic mass is 10.2. The van der Waals surface area contributed by atoms with Crippen LogP contribution in [0.15, 0.2) is 29.2 Å². The van der Waals surface area contributed by atoms with Gasteiger partial charge in [0.25, 0.3) is 0 Å². The van der Waals surface area contributed by atoms with Crippen LogP contribution in [0.4, 0.5) is 0 Å². The van der Waals surface area contributed by atoms with Crippen LogP contribution in [0, 0.1) is 0 Å². The maximum absolute atomic E-state index is 12.2. The molecule has 0 aliphatic carbocycles. The predicted molar refractivity (Wildman–Crippen MR) is 70.0 cm³/mol. The fourth-order valence-corrected chi connectivity index (χ4v) is 4.41. The molecule has 1 aromatic rings. The summed E-state index contributed by atoms with van der Waals surface area (Å²) >= 11 is 0. The van der Waals surface area contributed by atoms with Crippen molar-refractivity contribution < 1.29 is 13.5 Å². The van der Waals surface area contributed by atoms with E-state index in [-0.39, 0.29) is 19.2 Å². The molecule has 2 heterocycles. The molecule has 0 radical (unpaired) electrons. The van der Waals surface area contributed by atoms with E-state index in [0.717, 1.165) is 12.1 Å². The molecule has 1 fully saturated rings. The number of aliphatic hydroxyl groups excluding tert-OH is 1. The van der Waals surface area contributed by atoms with Gasteiger partial charge in [0.2, 0.25) is 0 Å². The Morgan fingerprint density at radius 2 is 2.11 bits per heavy atom. The summed E-state index contributed by atoms with van der Waals surface area (Å²) in [5.74, 6) is 0.119. The van der Waals surface area contributed by atoms with Gasteiger partial charge < -0.3 is 5.11 Å².